The van der Waals surface area contributed by atoms with Gasteiger partial charge in [0.2, 0.25) is 5.91 Å². The van der Waals surface area contributed by atoms with Crippen molar-refractivity contribution in [2.75, 3.05) is 26.2 Å². The maximum atomic E-state index is 12.5. The Labute approximate surface area is 110 Å². The topological polar surface area (TPSA) is 23.6 Å². The van der Waals surface area contributed by atoms with E-state index in [0.717, 1.165) is 38.4 Å². The first-order valence-electron chi connectivity index (χ1n) is 7.43. The van der Waals surface area contributed by atoms with Crippen LogP contribution in [0.3, 0.4) is 0 Å². The molecular formula is C15H24N2O. The molecule has 3 heteroatoms. The highest BCUT2D eigenvalue weighted by Crippen LogP contribution is 2.38. The molecule has 18 heavy (non-hydrogen) atoms. The maximum Gasteiger partial charge on any atom is 0.227 e. The standard InChI is InChI=1S/C15H24N2O/c1-2-3-7-16-10-12-9-13(11-16)15(18)17-8-5-4-6-14(12)17/h2,12-14H,1,3-11H2. The zero-order chi connectivity index (χ0) is 12.5. The molecular weight excluding hydrogens is 224 g/mol. The Balaban J connectivity index is 1.72. The molecule has 3 aliphatic heterocycles. The largest absolute Gasteiger partial charge is 0.339 e. The van der Waals surface area contributed by atoms with Crippen molar-refractivity contribution in [1.29, 1.82) is 0 Å². The van der Waals surface area contributed by atoms with Crippen molar-refractivity contribution in [2.24, 2.45) is 11.8 Å². The molecule has 0 radical (unpaired) electrons. The summed E-state index contributed by atoms with van der Waals surface area (Å²) in [5.74, 6) is 1.45. The van der Waals surface area contributed by atoms with Gasteiger partial charge in [-0.3, -0.25) is 4.79 Å². The minimum absolute atomic E-state index is 0.280. The van der Waals surface area contributed by atoms with Gasteiger partial charge in [0.05, 0.1) is 5.92 Å². The van der Waals surface area contributed by atoms with E-state index in [1.165, 1.54) is 25.8 Å². The van der Waals surface area contributed by atoms with Crippen molar-refractivity contribution >= 4 is 5.91 Å². The van der Waals surface area contributed by atoms with Gasteiger partial charge in [-0.2, -0.15) is 0 Å². The highest BCUT2D eigenvalue weighted by molar-refractivity contribution is 5.80. The molecule has 3 fully saturated rings. The van der Waals surface area contributed by atoms with Crippen LogP contribution in [0.4, 0.5) is 0 Å². The van der Waals surface area contributed by atoms with E-state index in [1.54, 1.807) is 0 Å². The Morgan fingerprint density at radius 2 is 2.22 bits per heavy atom. The molecule has 0 spiro atoms. The van der Waals surface area contributed by atoms with Crippen molar-refractivity contribution < 1.29 is 4.79 Å². The highest BCUT2D eigenvalue weighted by atomic mass is 16.2. The first kappa shape index (κ1) is 12.2. The van der Waals surface area contributed by atoms with Crippen LogP contribution in [-0.2, 0) is 4.79 Å². The molecule has 3 rings (SSSR count). The third-order valence-corrected chi connectivity index (χ3v) is 4.93. The van der Waals surface area contributed by atoms with Crippen LogP contribution in [0.25, 0.3) is 0 Å². The Morgan fingerprint density at radius 1 is 1.33 bits per heavy atom. The molecule has 0 saturated carbocycles. The Bertz CT molecular complexity index is 341. The lowest BCUT2D eigenvalue weighted by atomic mass is 9.75. The molecule has 3 aliphatic rings. The molecule has 0 N–H and O–H groups in total. The fourth-order valence-electron chi connectivity index (χ4n) is 4.10. The lowest BCUT2D eigenvalue weighted by Crippen LogP contribution is -2.61. The Morgan fingerprint density at radius 3 is 3.06 bits per heavy atom. The zero-order valence-corrected chi connectivity index (χ0v) is 11.2. The smallest absolute Gasteiger partial charge is 0.227 e. The molecule has 1 amide bonds. The second kappa shape index (κ2) is 5.04. The monoisotopic (exact) mass is 248 g/mol. The first-order valence-corrected chi connectivity index (χ1v) is 7.43. The van der Waals surface area contributed by atoms with E-state index in [1.807, 2.05) is 6.08 Å². The van der Waals surface area contributed by atoms with Gasteiger partial charge in [0.25, 0.3) is 0 Å². The molecule has 2 bridgehead atoms. The average Bonchev–Trinajstić information content (AvgIpc) is 2.43. The lowest BCUT2D eigenvalue weighted by molar-refractivity contribution is -0.152. The number of piperidine rings is 3. The van der Waals surface area contributed by atoms with Gasteiger partial charge in [-0.1, -0.05) is 6.08 Å². The van der Waals surface area contributed by atoms with Crippen molar-refractivity contribution in [3.05, 3.63) is 12.7 Å². The summed E-state index contributed by atoms with van der Waals surface area (Å²) in [7, 11) is 0. The number of amides is 1. The molecule has 3 atom stereocenters. The number of carbonyl (C=O) groups is 1. The number of carbonyl (C=O) groups excluding carboxylic acids is 1. The first-order chi connectivity index (χ1) is 8.79. The summed E-state index contributed by atoms with van der Waals surface area (Å²) < 4.78 is 0. The predicted octanol–water partition coefficient (Wildman–Crippen LogP) is 1.90. The van der Waals surface area contributed by atoms with E-state index < -0.39 is 0 Å². The van der Waals surface area contributed by atoms with E-state index in [2.05, 4.69) is 16.4 Å². The minimum Gasteiger partial charge on any atom is -0.339 e. The van der Waals surface area contributed by atoms with Crippen LogP contribution in [0.5, 0.6) is 0 Å². The summed E-state index contributed by atoms with van der Waals surface area (Å²) in [6, 6.07) is 0.550. The maximum absolute atomic E-state index is 12.5. The minimum atomic E-state index is 0.280. The van der Waals surface area contributed by atoms with Crippen molar-refractivity contribution in [3.8, 4) is 0 Å². The fourth-order valence-corrected chi connectivity index (χ4v) is 4.10. The molecule has 3 saturated heterocycles. The number of hydrogen-bond acceptors (Lipinski definition) is 2. The summed E-state index contributed by atoms with van der Waals surface area (Å²) in [6.45, 7) is 8.06. The summed E-state index contributed by atoms with van der Waals surface area (Å²) in [4.78, 5) is 17.2. The number of rotatable bonds is 3. The third-order valence-electron chi connectivity index (χ3n) is 4.93. The summed E-state index contributed by atoms with van der Waals surface area (Å²) in [5.41, 5.74) is 0. The van der Waals surface area contributed by atoms with Gasteiger partial charge < -0.3 is 9.80 Å². The Hall–Kier alpha value is -0.830. The number of likely N-dealkylation sites (tertiary alicyclic amines) is 1. The predicted molar refractivity (Wildman–Crippen MR) is 72.2 cm³/mol. The van der Waals surface area contributed by atoms with Gasteiger partial charge in [0, 0.05) is 32.2 Å². The highest BCUT2D eigenvalue weighted by Gasteiger charge is 2.45. The second-order valence-corrected chi connectivity index (χ2v) is 6.12. The molecule has 0 aromatic heterocycles. The normalized spacial score (nSPS) is 36.3. The van der Waals surface area contributed by atoms with Gasteiger partial charge in [-0.15, -0.1) is 6.58 Å². The van der Waals surface area contributed by atoms with Crippen molar-refractivity contribution in [1.82, 2.24) is 9.80 Å². The molecule has 3 heterocycles. The van der Waals surface area contributed by atoms with Crippen LogP contribution < -0.4 is 0 Å². The van der Waals surface area contributed by atoms with Crippen LogP contribution in [0.15, 0.2) is 12.7 Å². The summed E-state index contributed by atoms with van der Waals surface area (Å²) in [6.07, 6.45) is 7.92. The van der Waals surface area contributed by atoms with E-state index in [-0.39, 0.29) is 5.92 Å². The van der Waals surface area contributed by atoms with Crippen LogP contribution in [-0.4, -0.2) is 47.9 Å². The second-order valence-electron chi connectivity index (χ2n) is 6.12. The van der Waals surface area contributed by atoms with Gasteiger partial charge in [-0.05, 0) is 38.0 Å². The number of hydrogen-bond donors (Lipinski definition) is 0. The zero-order valence-electron chi connectivity index (χ0n) is 11.2. The lowest BCUT2D eigenvalue weighted by Gasteiger charge is -2.52. The van der Waals surface area contributed by atoms with E-state index in [9.17, 15) is 4.79 Å². The molecule has 0 aromatic rings. The SMILES string of the molecule is C=CCCN1CC2CC(C1)C1CCCCN1C2=O. The molecule has 3 nitrogen and oxygen atoms in total. The van der Waals surface area contributed by atoms with Crippen LogP contribution in [0, 0.1) is 11.8 Å². The van der Waals surface area contributed by atoms with Gasteiger partial charge in [-0.25, -0.2) is 0 Å². The van der Waals surface area contributed by atoms with Gasteiger partial charge >= 0.3 is 0 Å². The quantitative estimate of drug-likeness (QED) is 0.712. The third kappa shape index (κ3) is 2.09. The van der Waals surface area contributed by atoms with Gasteiger partial charge in [0.1, 0.15) is 0 Å². The van der Waals surface area contributed by atoms with Crippen LogP contribution >= 0.6 is 0 Å². The molecule has 0 aliphatic carbocycles. The fraction of sp³-hybridized carbons (Fsp3) is 0.800. The van der Waals surface area contributed by atoms with Crippen molar-refractivity contribution in [3.63, 3.8) is 0 Å². The molecule has 3 unspecified atom stereocenters. The van der Waals surface area contributed by atoms with Crippen molar-refractivity contribution in [2.45, 2.75) is 38.1 Å². The number of nitrogens with zero attached hydrogens (tertiary/aromatic N) is 2. The van der Waals surface area contributed by atoms with Crippen LogP contribution in [0.2, 0.25) is 0 Å². The van der Waals surface area contributed by atoms with E-state index in [4.69, 9.17) is 0 Å². The Kier molecular flexibility index (Phi) is 3.42. The van der Waals surface area contributed by atoms with Gasteiger partial charge in [0.15, 0.2) is 0 Å². The van der Waals surface area contributed by atoms with Crippen LogP contribution in [0.1, 0.15) is 32.1 Å². The number of fused-ring (bicyclic) bond motifs is 4. The summed E-state index contributed by atoms with van der Waals surface area (Å²) >= 11 is 0. The molecule has 100 valence electrons. The van der Waals surface area contributed by atoms with E-state index in [0.29, 0.717) is 11.9 Å². The average molecular weight is 248 g/mol. The van der Waals surface area contributed by atoms with E-state index >= 15 is 0 Å². The summed E-state index contributed by atoms with van der Waals surface area (Å²) in [5, 5.41) is 0. The molecule has 0 aromatic carbocycles.